The van der Waals surface area contributed by atoms with Crippen molar-refractivity contribution < 1.29 is 9.84 Å². The second-order valence-electron chi connectivity index (χ2n) is 2.27. The molecule has 1 aromatic carbocycles. The summed E-state index contributed by atoms with van der Waals surface area (Å²) in [6.07, 6.45) is 2.90. The van der Waals surface area contributed by atoms with Gasteiger partial charge in [0.2, 0.25) is 0 Å². The highest BCUT2D eigenvalue weighted by atomic mass is 35.5. The fraction of sp³-hybridized carbons (Fsp3) is 0.111. The van der Waals surface area contributed by atoms with Gasteiger partial charge in [-0.3, -0.25) is 0 Å². The highest BCUT2D eigenvalue weighted by molar-refractivity contribution is 6.45. The van der Waals surface area contributed by atoms with Crippen LogP contribution in [0.5, 0.6) is 11.5 Å². The Hall–Kier alpha value is -0.860. The van der Waals surface area contributed by atoms with E-state index in [0.717, 1.165) is 0 Å². The molecule has 13 heavy (non-hydrogen) atoms. The second-order valence-corrected chi connectivity index (χ2v) is 3.44. The number of halogens is 2. The molecule has 1 N–H and O–H groups in total. The molecule has 2 nitrogen and oxygen atoms in total. The average Bonchev–Trinajstić information content (AvgIpc) is 2.08. The minimum atomic E-state index is -0.572. The van der Waals surface area contributed by atoms with Crippen LogP contribution in [0.15, 0.2) is 36.6 Å². The van der Waals surface area contributed by atoms with Gasteiger partial charge in [0, 0.05) is 0 Å². The molecule has 0 saturated heterocycles. The largest absolute Gasteiger partial charge is 0.508 e. The third-order valence-corrected chi connectivity index (χ3v) is 1.56. The SMILES string of the molecule is Oc1ccc(OC=CC(Cl)Cl)cc1. The fourth-order valence-electron chi connectivity index (χ4n) is 0.702. The molecule has 0 amide bonds. The van der Waals surface area contributed by atoms with E-state index in [1.54, 1.807) is 12.1 Å². The highest BCUT2D eigenvalue weighted by Gasteiger charge is 1.92. The summed E-state index contributed by atoms with van der Waals surface area (Å²) < 4.78 is 5.11. The van der Waals surface area contributed by atoms with Crippen LogP contribution in [0.1, 0.15) is 0 Å². The number of hydrogen-bond donors (Lipinski definition) is 1. The Morgan fingerprint density at radius 1 is 1.23 bits per heavy atom. The van der Waals surface area contributed by atoms with Crippen molar-refractivity contribution >= 4 is 23.2 Å². The molecule has 0 unspecified atom stereocenters. The van der Waals surface area contributed by atoms with Crippen molar-refractivity contribution in [2.45, 2.75) is 4.84 Å². The number of aromatic hydroxyl groups is 1. The Morgan fingerprint density at radius 3 is 2.38 bits per heavy atom. The molecular formula is C9H8Cl2O2. The summed E-state index contributed by atoms with van der Waals surface area (Å²) in [6.45, 7) is 0. The Morgan fingerprint density at radius 2 is 1.85 bits per heavy atom. The molecule has 0 fully saturated rings. The van der Waals surface area contributed by atoms with Crippen LogP contribution in [-0.2, 0) is 0 Å². The van der Waals surface area contributed by atoms with E-state index in [1.807, 2.05) is 0 Å². The summed E-state index contributed by atoms with van der Waals surface area (Å²) in [7, 11) is 0. The summed E-state index contributed by atoms with van der Waals surface area (Å²) in [5.74, 6) is 0.812. The lowest BCUT2D eigenvalue weighted by atomic mass is 10.3. The molecule has 1 rings (SSSR count). The van der Waals surface area contributed by atoms with Crippen molar-refractivity contribution in [3.8, 4) is 11.5 Å². The number of hydrogen-bond acceptors (Lipinski definition) is 2. The minimum Gasteiger partial charge on any atom is -0.508 e. The van der Waals surface area contributed by atoms with Crippen LogP contribution in [0, 0.1) is 0 Å². The van der Waals surface area contributed by atoms with Gasteiger partial charge in [0.05, 0.1) is 6.26 Å². The molecule has 0 aliphatic rings. The molecule has 0 aliphatic heterocycles. The minimum absolute atomic E-state index is 0.198. The molecule has 70 valence electrons. The Kier molecular flexibility index (Phi) is 3.93. The van der Waals surface area contributed by atoms with Crippen LogP contribution in [0.3, 0.4) is 0 Å². The van der Waals surface area contributed by atoms with Crippen LogP contribution in [0.2, 0.25) is 0 Å². The molecule has 4 heteroatoms. The molecule has 0 bridgehead atoms. The third-order valence-electron chi connectivity index (χ3n) is 1.26. The zero-order valence-corrected chi connectivity index (χ0v) is 8.16. The maximum Gasteiger partial charge on any atom is 0.129 e. The smallest absolute Gasteiger partial charge is 0.129 e. The molecule has 0 heterocycles. The fourth-order valence-corrected chi connectivity index (χ4v) is 0.821. The summed E-state index contributed by atoms with van der Waals surface area (Å²) in [4.78, 5) is -0.572. The second kappa shape index (κ2) is 5.00. The van der Waals surface area contributed by atoms with Gasteiger partial charge in [0.1, 0.15) is 16.3 Å². The molecular weight excluding hydrogens is 211 g/mol. The summed E-state index contributed by atoms with van der Waals surface area (Å²) in [5, 5.41) is 8.95. The van der Waals surface area contributed by atoms with E-state index in [9.17, 15) is 0 Å². The lowest BCUT2D eigenvalue weighted by Gasteiger charge is -1.99. The van der Waals surface area contributed by atoms with Gasteiger partial charge < -0.3 is 9.84 Å². The summed E-state index contributed by atoms with van der Waals surface area (Å²) in [5.41, 5.74) is 0. The first-order chi connectivity index (χ1) is 6.18. The average molecular weight is 219 g/mol. The van der Waals surface area contributed by atoms with Crippen LogP contribution in [-0.4, -0.2) is 9.94 Å². The molecule has 0 spiro atoms. The zero-order chi connectivity index (χ0) is 9.68. The summed E-state index contributed by atoms with van der Waals surface area (Å²) in [6, 6.07) is 6.33. The lowest BCUT2D eigenvalue weighted by molar-refractivity contribution is 0.463. The molecule has 1 aromatic rings. The van der Waals surface area contributed by atoms with E-state index in [0.29, 0.717) is 5.75 Å². The Labute approximate surface area is 86.4 Å². The molecule has 0 atom stereocenters. The van der Waals surface area contributed by atoms with Crippen LogP contribution in [0.4, 0.5) is 0 Å². The van der Waals surface area contributed by atoms with Crippen molar-refractivity contribution in [1.82, 2.24) is 0 Å². The Bertz CT molecular complexity index is 280. The monoisotopic (exact) mass is 218 g/mol. The van der Waals surface area contributed by atoms with Crippen LogP contribution < -0.4 is 4.74 Å². The summed E-state index contributed by atoms with van der Waals surface area (Å²) >= 11 is 10.9. The molecule has 0 aromatic heterocycles. The molecule has 0 radical (unpaired) electrons. The lowest BCUT2D eigenvalue weighted by Crippen LogP contribution is -1.84. The van der Waals surface area contributed by atoms with Crippen molar-refractivity contribution in [3.05, 3.63) is 36.6 Å². The normalized spacial score (nSPS) is 11.0. The number of rotatable bonds is 3. The number of allylic oxidation sites excluding steroid dienone is 1. The number of phenolic OH excluding ortho intramolecular Hbond substituents is 1. The van der Waals surface area contributed by atoms with Crippen molar-refractivity contribution in [2.75, 3.05) is 0 Å². The van der Waals surface area contributed by atoms with Crippen LogP contribution >= 0.6 is 23.2 Å². The van der Waals surface area contributed by atoms with Crippen molar-refractivity contribution in [3.63, 3.8) is 0 Å². The van der Waals surface area contributed by atoms with E-state index in [1.165, 1.54) is 24.5 Å². The van der Waals surface area contributed by atoms with Gasteiger partial charge in [0.15, 0.2) is 0 Å². The maximum absolute atomic E-state index is 8.95. The number of benzene rings is 1. The van der Waals surface area contributed by atoms with Gasteiger partial charge in [-0.25, -0.2) is 0 Å². The topological polar surface area (TPSA) is 29.5 Å². The maximum atomic E-state index is 8.95. The van der Waals surface area contributed by atoms with E-state index in [2.05, 4.69) is 0 Å². The van der Waals surface area contributed by atoms with Gasteiger partial charge in [-0.15, -0.1) is 23.2 Å². The van der Waals surface area contributed by atoms with E-state index < -0.39 is 4.84 Å². The van der Waals surface area contributed by atoms with Crippen molar-refractivity contribution in [1.29, 1.82) is 0 Å². The molecule has 0 aliphatic carbocycles. The molecule has 0 saturated carbocycles. The standard InChI is InChI=1S/C9H8Cl2O2/c10-9(11)5-6-13-8-3-1-7(12)2-4-8/h1-6,9,12H. The van der Waals surface area contributed by atoms with Gasteiger partial charge >= 0.3 is 0 Å². The number of ether oxygens (including phenoxy) is 1. The van der Waals surface area contributed by atoms with Gasteiger partial charge in [-0.05, 0) is 30.3 Å². The Balaban J connectivity index is 2.50. The van der Waals surface area contributed by atoms with Crippen molar-refractivity contribution in [2.24, 2.45) is 0 Å². The number of phenols is 1. The highest BCUT2D eigenvalue weighted by Crippen LogP contribution is 2.16. The first-order valence-electron chi connectivity index (χ1n) is 3.59. The quantitative estimate of drug-likeness (QED) is 0.625. The zero-order valence-electron chi connectivity index (χ0n) is 6.65. The van der Waals surface area contributed by atoms with Gasteiger partial charge in [0.25, 0.3) is 0 Å². The third kappa shape index (κ3) is 4.06. The van der Waals surface area contributed by atoms with E-state index in [-0.39, 0.29) is 5.75 Å². The number of alkyl halides is 2. The van der Waals surface area contributed by atoms with Gasteiger partial charge in [-0.1, -0.05) is 0 Å². The first kappa shape index (κ1) is 10.2. The van der Waals surface area contributed by atoms with E-state index in [4.69, 9.17) is 33.0 Å². The van der Waals surface area contributed by atoms with Gasteiger partial charge in [-0.2, -0.15) is 0 Å². The predicted molar refractivity (Wildman–Crippen MR) is 53.4 cm³/mol. The van der Waals surface area contributed by atoms with E-state index >= 15 is 0 Å². The predicted octanol–water partition coefficient (Wildman–Crippen LogP) is 3.09. The first-order valence-corrected chi connectivity index (χ1v) is 4.46. The van der Waals surface area contributed by atoms with Crippen LogP contribution in [0.25, 0.3) is 0 Å².